The Hall–Kier alpha value is -0.590. The van der Waals surface area contributed by atoms with Gasteiger partial charge in [-0.15, -0.1) is 31.5 Å². The minimum Gasteiger partial charge on any atom is -0.198 e. The van der Waals surface area contributed by atoms with Crippen molar-refractivity contribution < 1.29 is 0 Å². The first-order valence-corrected chi connectivity index (χ1v) is 6.42. The summed E-state index contributed by atoms with van der Waals surface area (Å²) in [6.45, 7) is 17.2. The second-order valence-corrected chi connectivity index (χ2v) is 5.50. The van der Waals surface area contributed by atoms with Crippen LogP contribution in [0.4, 0.5) is 0 Å². The van der Waals surface area contributed by atoms with E-state index in [9.17, 15) is 0 Å². The molecule has 0 fully saturated rings. The molecule has 0 aromatic rings. The summed E-state index contributed by atoms with van der Waals surface area (Å²) in [5.74, 6) is 0. The van der Waals surface area contributed by atoms with Crippen molar-refractivity contribution in [3.05, 3.63) is 25.8 Å². The number of allylic oxidation sites excluding steroid dienone is 1. The molecule has 0 aliphatic rings. The minimum absolute atomic E-state index is 0.218. The molecule has 92 valence electrons. The van der Waals surface area contributed by atoms with Gasteiger partial charge in [0.25, 0.3) is 0 Å². The molecule has 1 atom stereocenters. The van der Waals surface area contributed by atoms with Gasteiger partial charge in [-0.25, -0.2) is 0 Å². The Morgan fingerprint density at radius 3 is 2.12 bits per heavy atom. The molecule has 0 bridgehead atoms. The van der Waals surface area contributed by atoms with Crippen LogP contribution in [-0.2, 0) is 0 Å². The standard InChI is InChI=1S/C8H13NS2.C3H6.C2H4/c1-7(11-6-10)4-8(2,3)5-9;1-3-2;1-2/h6-7H,4H2,1-3H3;3H,1H2,2H3;1-2H2. The van der Waals surface area contributed by atoms with Gasteiger partial charge in [0.15, 0.2) is 0 Å². The van der Waals surface area contributed by atoms with Gasteiger partial charge in [-0.05, 0) is 27.2 Å². The monoisotopic (exact) mass is 257 g/mol. The Bertz CT molecular complexity index is 216. The van der Waals surface area contributed by atoms with E-state index in [0.29, 0.717) is 5.25 Å². The summed E-state index contributed by atoms with van der Waals surface area (Å²) in [7, 11) is 0. The Labute approximate surface area is 111 Å². The molecule has 0 aliphatic heterocycles. The van der Waals surface area contributed by atoms with Crippen LogP contribution >= 0.6 is 24.0 Å². The van der Waals surface area contributed by atoms with Gasteiger partial charge in [0.1, 0.15) is 0 Å². The average Bonchev–Trinajstić information content (AvgIpc) is 2.21. The van der Waals surface area contributed by atoms with E-state index in [1.807, 2.05) is 20.8 Å². The Morgan fingerprint density at radius 1 is 1.50 bits per heavy atom. The molecule has 0 saturated heterocycles. The third-order valence-corrected chi connectivity index (χ3v) is 2.46. The van der Waals surface area contributed by atoms with Crippen LogP contribution in [0.15, 0.2) is 25.8 Å². The quantitative estimate of drug-likeness (QED) is 0.523. The smallest absolute Gasteiger partial charge is 0.0684 e. The van der Waals surface area contributed by atoms with Gasteiger partial charge >= 0.3 is 0 Å². The molecule has 0 saturated carbocycles. The first-order valence-electron chi connectivity index (χ1n) is 5.01. The second-order valence-electron chi connectivity index (χ2n) is 3.65. The number of thioether (sulfide) groups is 1. The molecule has 0 N–H and O–H groups in total. The molecule has 3 heteroatoms. The molecule has 1 unspecified atom stereocenters. The highest BCUT2D eigenvalue weighted by Crippen LogP contribution is 2.26. The molecule has 0 spiro atoms. The van der Waals surface area contributed by atoms with E-state index >= 15 is 0 Å². The van der Waals surface area contributed by atoms with Crippen LogP contribution in [-0.4, -0.2) is 9.95 Å². The Balaban J connectivity index is -0.000000289. The third kappa shape index (κ3) is 19.1. The predicted octanol–water partition coefficient (Wildman–Crippen LogP) is 5.00. The van der Waals surface area contributed by atoms with Gasteiger partial charge in [0, 0.05) is 9.95 Å². The van der Waals surface area contributed by atoms with Crippen LogP contribution in [0, 0.1) is 16.7 Å². The van der Waals surface area contributed by atoms with E-state index in [-0.39, 0.29) is 5.41 Å². The van der Waals surface area contributed by atoms with Crippen LogP contribution in [0.5, 0.6) is 0 Å². The highest BCUT2D eigenvalue weighted by Gasteiger charge is 2.19. The zero-order valence-corrected chi connectivity index (χ0v) is 12.5. The molecule has 0 radical (unpaired) electrons. The topological polar surface area (TPSA) is 23.8 Å². The summed E-state index contributed by atoms with van der Waals surface area (Å²) in [6.07, 6.45) is 2.64. The first kappa shape index (κ1) is 20.8. The summed E-state index contributed by atoms with van der Waals surface area (Å²) in [6, 6.07) is 2.27. The van der Waals surface area contributed by atoms with Gasteiger partial charge < -0.3 is 0 Å². The maximum atomic E-state index is 8.72. The molecule has 0 rings (SSSR count). The highest BCUT2D eigenvalue weighted by atomic mass is 32.2. The van der Waals surface area contributed by atoms with Crippen molar-refractivity contribution in [2.24, 2.45) is 5.41 Å². The van der Waals surface area contributed by atoms with E-state index < -0.39 is 0 Å². The fraction of sp³-hybridized carbons (Fsp3) is 0.538. The van der Waals surface area contributed by atoms with Crippen molar-refractivity contribution in [2.45, 2.75) is 39.4 Å². The largest absolute Gasteiger partial charge is 0.198 e. The van der Waals surface area contributed by atoms with Crippen LogP contribution in [0.25, 0.3) is 0 Å². The summed E-state index contributed by atoms with van der Waals surface area (Å²) in [5.41, 5.74) is -0.218. The van der Waals surface area contributed by atoms with E-state index in [0.717, 1.165) is 6.42 Å². The normalized spacial score (nSPS) is 10.4. The SMILES string of the molecule is C=C.C=CC.CC(CC(C)(C)C#N)SC=S. The van der Waals surface area contributed by atoms with Crippen molar-refractivity contribution in [3.8, 4) is 6.07 Å². The zero-order valence-electron chi connectivity index (χ0n) is 10.8. The Kier molecular flexibility index (Phi) is 18.7. The molecule has 0 heterocycles. The third-order valence-electron chi connectivity index (χ3n) is 1.39. The van der Waals surface area contributed by atoms with E-state index in [2.05, 4.69) is 32.7 Å². The van der Waals surface area contributed by atoms with Crippen molar-refractivity contribution in [2.75, 3.05) is 0 Å². The van der Waals surface area contributed by atoms with Gasteiger partial charge in [-0.2, -0.15) is 5.26 Å². The fourth-order valence-electron chi connectivity index (χ4n) is 0.907. The number of hydrogen-bond acceptors (Lipinski definition) is 3. The van der Waals surface area contributed by atoms with Crippen LogP contribution < -0.4 is 0 Å². The summed E-state index contributed by atoms with van der Waals surface area (Å²) >= 11 is 6.32. The van der Waals surface area contributed by atoms with Gasteiger partial charge in [0.05, 0.1) is 11.5 Å². The van der Waals surface area contributed by atoms with E-state index in [1.165, 1.54) is 0 Å². The number of thiocarbonyl (C=S) groups is 1. The number of hydrogen-bond donors (Lipinski definition) is 0. The lowest BCUT2D eigenvalue weighted by atomic mass is 9.90. The lowest BCUT2D eigenvalue weighted by Crippen LogP contribution is -2.14. The van der Waals surface area contributed by atoms with Gasteiger partial charge in [-0.1, -0.05) is 25.2 Å². The maximum absolute atomic E-state index is 8.72. The van der Waals surface area contributed by atoms with Crippen molar-refractivity contribution in [3.63, 3.8) is 0 Å². The lowest BCUT2D eigenvalue weighted by molar-refractivity contribution is 0.453. The molecule has 1 nitrogen and oxygen atoms in total. The summed E-state index contributed by atoms with van der Waals surface area (Å²) in [5, 5.41) is 9.16. The molecule has 0 aromatic carbocycles. The van der Waals surface area contributed by atoms with Crippen molar-refractivity contribution in [1.82, 2.24) is 0 Å². The number of nitrogens with zero attached hydrogens (tertiary/aromatic N) is 1. The lowest BCUT2D eigenvalue weighted by Gasteiger charge is -2.18. The van der Waals surface area contributed by atoms with Crippen LogP contribution in [0.3, 0.4) is 0 Å². The number of nitriles is 1. The van der Waals surface area contributed by atoms with Gasteiger partial charge in [0.2, 0.25) is 0 Å². The second kappa shape index (κ2) is 14.4. The maximum Gasteiger partial charge on any atom is 0.0684 e. The van der Waals surface area contributed by atoms with Crippen LogP contribution in [0.1, 0.15) is 34.1 Å². The van der Waals surface area contributed by atoms with Gasteiger partial charge in [-0.3, -0.25) is 0 Å². The average molecular weight is 257 g/mol. The minimum atomic E-state index is -0.218. The van der Waals surface area contributed by atoms with E-state index in [1.54, 1.807) is 22.5 Å². The summed E-state index contributed by atoms with van der Waals surface area (Å²) in [4.78, 5) is 0. The van der Waals surface area contributed by atoms with Crippen LogP contribution in [0.2, 0.25) is 0 Å². The van der Waals surface area contributed by atoms with E-state index in [4.69, 9.17) is 17.5 Å². The highest BCUT2D eigenvalue weighted by molar-refractivity contribution is 8.21. The molecular formula is C13H23NS2. The fourth-order valence-corrected chi connectivity index (χ4v) is 2.18. The molecule has 0 amide bonds. The Morgan fingerprint density at radius 2 is 1.88 bits per heavy atom. The molecule has 0 aromatic heterocycles. The predicted molar refractivity (Wildman–Crippen MR) is 81.8 cm³/mol. The molecule has 0 aliphatic carbocycles. The first-order chi connectivity index (χ1) is 7.43. The van der Waals surface area contributed by atoms with Crippen molar-refractivity contribution >= 4 is 28.7 Å². The molecule has 16 heavy (non-hydrogen) atoms. The summed E-state index contributed by atoms with van der Waals surface area (Å²) < 4.78 is 1.66. The number of rotatable bonds is 4. The van der Waals surface area contributed by atoms with Crippen molar-refractivity contribution in [1.29, 1.82) is 5.26 Å². The zero-order chi connectivity index (χ0) is 13.6. The molecular weight excluding hydrogens is 234 g/mol.